The molecule has 2 heterocycles. The van der Waals surface area contributed by atoms with Gasteiger partial charge in [-0.2, -0.15) is 0 Å². The maximum Gasteiger partial charge on any atom is 0.236 e. The van der Waals surface area contributed by atoms with Crippen molar-refractivity contribution in [2.75, 3.05) is 46.3 Å². The van der Waals surface area contributed by atoms with Gasteiger partial charge in [-0.15, -0.1) is 12.4 Å². The molecule has 1 N–H and O–H groups in total. The molecule has 0 aromatic heterocycles. The highest BCUT2D eigenvalue weighted by Gasteiger charge is 2.25. The Hall–Kier alpha value is -0.320. The number of nitrogens with one attached hydrogen (secondary N) is 1. The van der Waals surface area contributed by atoms with Gasteiger partial charge in [-0.05, 0) is 57.7 Å². The quantitative estimate of drug-likeness (QED) is 0.857. The predicted octanol–water partition coefficient (Wildman–Crippen LogP) is 1.60. The van der Waals surface area contributed by atoms with E-state index in [1.807, 2.05) is 7.05 Å². The first-order chi connectivity index (χ1) is 9.19. The molecule has 0 aliphatic carbocycles. The summed E-state index contributed by atoms with van der Waals surface area (Å²) >= 11 is 0. The maximum absolute atomic E-state index is 11.9. The summed E-state index contributed by atoms with van der Waals surface area (Å²) in [7, 11) is 1.84. The topological polar surface area (TPSA) is 35.6 Å². The van der Waals surface area contributed by atoms with Gasteiger partial charge in [0.05, 0.1) is 6.54 Å². The number of piperidine rings is 2. The van der Waals surface area contributed by atoms with E-state index >= 15 is 0 Å². The van der Waals surface area contributed by atoms with Crippen molar-refractivity contribution in [3.8, 4) is 0 Å². The van der Waals surface area contributed by atoms with Gasteiger partial charge in [0.15, 0.2) is 0 Å². The van der Waals surface area contributed by atoms with Crippen LogP contribution in [0.5, 0.6) is 0 Å². The number of carbonyl (C=O) groups is 1. The van der Waals surface area contributed by atoms with Gasteiger partial charge >= 0.3 is 0 Å². The Bertz CT molecular complexity index is 293. The van der Waals surface area contributed by atoms with Crippen LogP contribution in [0.15, 0.2) is 0 Å². The van der Waals surface area contributed by atoms with Crippen LogP contribution in [0.25, 0.3) is 0 Å². The molecular formula is C15H30ClN3O. The third-order valence-corrected chi connectivity index (χ3v) is 4.59. The van der Waals surface area contributed by atoms with Crippen LogP contribution < -0.4 is 5.32 Å². The summed E-state index contributed by atoms with van der Waals surface area (Å²) in [6.45, 7) is 8.45. The lowest BCUT2D eigenvalue weighted by Crippen LogP contribution is -2.47. The molecule has 2 aliphatic rings. The first kappa shape index (κ1) is 17.7. The zero-order valence-corrected chi connectivity index (χ0v) is 13.8. The minimum Gasteiger partial charge on any atom is -0.341 e. The molecule has 0 saturated carbocycles. The first-order valence-electron chi connectivity index (χ1n) is 7.83. The van der Waals surface area contributed by atoms with E-state index < -0.39 is 0 Å². The molecule has 0 radical (unpaired) electrons. The van der Waals surface area contributed by atoms with E-state index in [1.165, 1.54) is 45.3 Å². The van der Waals surface area contributed by atoms with Gasteiger partial charge in [-0.25, -0.2) is 0 Å². The molecule has 1 atom stereocenters. The zero-order chi connectivity index (χ0) is 13.7. The lowest BCUT2D eigenvalue weighted by Gasteiger charge is -2.37. The Morgan fingerprint density at radius 3 is 2.55 bits per heavy atom. The van der Waals surface area contributed by atoms with Gasteiger partial charge in [-0.3, -0.25) is 4.79 Å². The summed E-state index contributed by atoms with van der Waals surface area (Å²) in [5.41, 5.74) is 0. The fourth-order valence-electron chi connectivity index (χ4n) is 3.31. The number of halogens is 1. The molecule has 2 rings (SSSR count). The Morgan fingerprint density at radius 2 is 1.90 bits per heavy atom. The number of likely N-dealkylation sites (N-methyl/N-ethyl adjacent to an activating group) is 1. The molecule has 4 nitrogen and oxygen atoms in total. The molecule has 0 spiro atoms. The summed E-state index contributed by atoms with van der Waals surface area (Å²) < 4.78 is 0. The van der Waals surface area contributed by atoms with Crippen LogP contribution in [-0.2, 0) is 4.79 Å². The Kier molecular flexibility index (Phi) is 7.85. The Labute approximate surface area is 129 Å². The highest BCUT2D eigenvalue weighted by Crippen LogP contribution is 2.21. The molecule has 2 saturated heterocycles. The van der Waals surface area contributed by atoms with Crippen molar-refractivity contribution in [3.63, 3.8) is 0 Å². The van der Waals surface area contributed by atoms with Gasteiger partial charge in [0.1, 0.15) is 0 Å². The molecule has 0 bridgehead atoms. The summed E-state index contributed by atoms with van der Waals surface area (Å²) in [5.74, 6) is 1.85. The highest BCUT2D eigenvalue weighted by atomic mass is 35.5. The molecule has 1 amide bonds. The van der Waals surface area contributed by atoms with E-state index in [1.54, 1.807) is 0 Å². The Morgan fingerprint density at radius 1 is 1.20 bits per heavy atom. The minimum atomic E-state index is 0. The monoisotopic (exact) mass is 303 g/mol. The van der Waals surface area contributed by atoms with Crippen LogP contribution in [0.2, 0.25) is 0 Å². The molecular weight excluding hydrogens is 274 g/mol. The smallest absolute Gasteiger partial charge is 0.236 e. The highest BCUT2D eigenvalue weighted by molar-refractivity contribution is 5.85. The summed E-state index contributed by atoms with van der Waals surface area (Å²) in [4.78, 5) is 16.6. The number of amides is 1. The van der Waals surface area contributed by atoms with Crippen LogP contribution in [0.3, 0.4) is 0 Å². The van der Waals surface area contributed by atoms with Crippen LogP contribution >= 0.6 is 12.4 Å². The second-order valence-electron chi connectivity index (χ2n) is 6.36. The average molecular weight is 304 g/mol. The SMILES string of the molecule is CNCC(=O)N1CCCC(CN2CCC(C)CC2)C1.Cl. The third kappa shape index (κ3) is 5.23. The lowest BCUT2D eigenvalue weighted by atomic mass is 9.94. The molecule has 0 aromatic carbocycles. The second-order valence-corrected chi connectivity index (χ2v) is 6.36. The predicted molar refractivity (Wildman–Crippen MR) is 85.3 cm³/mol. The van der Waals surface area contributed by atoms with E-state index in [2.05, 4.69) is 22.0 Å². The van der Waals surface area contributed by atoms with Crippen LogP contribution in [0.4, 0.5) is 0 Å². The van der Waals surface area contributed by atoms with Gasteiger partial charge in [-0.1, -0.05) is 6.92 Å². The van der Waals surface area contributed by atoms with Crippen LogP contribution in [0, 0.1) is 11.8 Å². The molecule has 2 fully saturated rings. The minimum absolute atomic E-state index is 0. The van der Waals surface area contributed by atoms with E-state index in [0.717, 1.165) is 19.0 Å². The molecule has 0 aromatic rings. The van der Waals surface area contributed by atoms with E-state index in [9.17, 15) is 4.79 Å². The molecule has 2 aliphatic heterocycles. The van der Waals surface area contributed by atoms with Gasteiger partial charge in [0.2, 0.25) is 5.91 Å². The van der Waals surface area contributed by atoms with Crippen molar-refractivity contribution in [2.24, 2.45) is 11.8 Å². The third-order valence-electron chi connectivity index (χ3n) is 4.59. The summed E-state index contributed by atoms with van der Waals surface area (Å²) in [6.07, 6.45) is 5.14. The summed E-state index contributed by atoms with van der Waals surface area (Å²) in [6, 6.07) is 0. The first-order valence-corrected chi connectivity index (χ1v) is 7.83. The number of likely N-dealkylation sites (tertiary alicyclic amines) is 2. The van der Waals surface area contributed by atoms with Crippen molar-refractivity contribution < 1.29 is 4.79 Å². The normalized spacial score (nSPS) is 25.3. The number of carbonyl (C=O) groups excluding carboxylic acids is 1. The van der Waals surface area contributed by atoms with Crippen molar-refractivity contribution in [1.29, 1.82) is 0 Å². The second kappa shape index (κ2) is 8.85. The lowest BCUT2D eigenvalue weighted by molar-refractivity contribution is -0.132. The van der Waals surface area contributed by atoms with E-state index in [-0.39, 0.29) is 18.3 Å². The van der Waals surface area contributed by atoms with Gasteiger partial charge in [0, 0.05) is 19.6 Å². The fraction of sp³-hybridized carbons (Fsp3) is 0.933. The number of nitrogens with zero attached hydrogens (tertiary/aromatic N) is 2. The number of hydrogen-bond acceptors (Lipinski definition) is 3. The van der Waals surface area contributed by atoms with Gasteiger partial charge < -0.3 is 15.1 Å². The number of hydrogen-bond donors (Lipinski definition) is 1. The number of rotatable bonds is 4. The summed E-state index contributed by atoms with van der Waals surface area (Å²) in [5, 5.41) is 2.96. The molecule has 20 heavy (non-hydrogen) atoms. The van der Waals surface area contributed by atoms with E-state index in [0.29, 0.717) is 12.5 Å². The Balaban J connectivity index is 0.00000200. The molecule has 118 valence electrons. The maximum atomic E-state index is 11.9. The van der Waals surface area contributed by atoms with Crippen molar-refractivity contribution in [3.05, 3.63) is 0 Å². The standard InChI is InChI=1S/C15H29N3O.ClH/c1-13-5-8-17(9-6-13)11-14-4-3-7-18(12-14)15(19)10-16-2;/h13-14,16H,3-12H2,1-2H3;1H. The zero-order valence-electron chi connectivity index (χ0n) is 12.9. The van der Waals surface area contributed by atoms with Crippen molar-refractivity contribution in [1.82, 2.24) is 15.1 Å². The van der Waals surface area contributed by atoms with E-state index in [4.69, 9.17) is 0 Å². The van der Waals surface area contributed by atoms with Crippen LogP contribution in [0.1, 0.15) is 32.6 Å². The van der Waals surface area contributed by atoms with Gasteiger partial charge in [0.25, 0.3) is 0 Å². The van der Waals surface area contributed by atoms with Crippen molar-refractivity contribution in [2.45, 2.75) is 32.6 Å². The largest absolute Gasteiger partial charge is 0.341 e. The molecule has 1 unspecified atom stereocenters. The average Bonchev–Trinajstić information content (AvgIpc) is 2.42. The fourth-order valence-corrected chi connectivity index (χ4v) is 3.31. The molecule has 5 heteroatoms. The van der Waals surface area contributed by atoms with Crippen molar-refractivity contribution >= 4 is 18.3 Å². The van der Waals surface area contributed by atoms with Crippen LogP contribution in [-0.4, -0.2) is 62.0 Å².